The lowest BCUT2D eigenvalue weighted by Gasteiger charge is -2.39. The minimum atomic E-state index is 0.627. The van der Waals surface area contributed by atoms with Crippen LogP contribution in [0.25, 0.3) is 0 Å². The molecule has 1 aliphatic heterocycles. The van der Waals surface area contributed by atoms with Gasteiger partial charge in [0.05, 0.1) is 0 Å². The number of likely N-dealkylation sites (N-methyl/N-ethyl adjacent to an activating group) is 2. The number of hydrogen-bond acceptors (Lipinski definition) is 3. The standard InChI is InChI=1S/C15H33N3/c1-6-14(7-2)16-11-13(3)18(5)15-9-8-10-17(4)12-15/h13-16H,6-12H2,1-5H3. The fraction of sp³-hybridized carbons (Fsp3) is 1.00. The minimum absolute atomic E-state index is 0.627. The maximum absolute atomic E-state index is 3.69. The summed E-state index contributed by atoms with van der Waals surface area (Å²) in [4.78, 5) is 5.04. The van der Waals surface area contributed by atoms with Gasteiger partial charge < -0.3 is 10.2 Å². The van der Waals surface area contributed by atoms with Gasteiger partial charge >= 0.3 is 0 Å². The van der Waals surface area contributed by atoms with Crippen LogP contribution in [0.4, 0.5) is 0 Å². The lowest BCUT2D eigenvalue weighted by Crippen LogP contribution is -2.51. The van der Waals surface area contributed by atoms with Gasteiger partial charge in [0.2, 0.25) is 0 Å². The highest BCUT2D eigenvalue weighted by molar-refractivity contribution is 4.81. The summed E-state index contributed by atoms with van der Waals surface area (Å²) in [5.41, 5.74) is 0. The van der Waals surface area contributed by atoms with E-state index in [-0.39, 0.29) is 0 Å². The molecule has 0 bridgehead atoms. The third-order valence-corrected chi connectivity index (χ3v) is 4.56. The number of rotatable bonds is 7. The molecule has 0 aromatic carbocycles. The average molecular weight is 255 g/mol. The van der Waals surface area contributed by atoms with Crippen LogP contribution >= 0.6 is 0 Å². The first-order valence-corrected chi connectivity index (χ1v) is 7.72. The van der Waals surface area contributed by atoms with E-state index in [0.29, 0.717) is 12.1 Å². The van der Waals surface area contributed by atoms with Crippen LogP contribution in [0.5, 0.6) is 0 Å². The molecule has 1 heterocycles. The van der Waals surface area contributed by atoms with Gasteiger partial charge in [0, 0.05) is 31.2 Å². The Balaban J connectivity index is 2.33. The molecule has 2 unspecified atom stereocenters. The number of piperidine rings is 1. The van der Waals surface area contributed by atoms with Gasteiger partial charge in [-0.2, -0.15) is 0 Å². The normalized spacial score (nSPS) is 23.8. The summed E-state index contributed by atoms with van der Waals surface area (Å²) in [6, 6.07) is 2.05. The molecule has 18 heavy (non-hydrogen) atoms. The van der Waals surface area contributed by atoms with Crippen LogP contribution in [-0.4, -0.2) is 61.7 Å². The average Bonchev–Trinajstić information content (AvgIpc) is 2.38. The molecule has 3 heteroatoms. The van der Waals surface area contributed by atoms with Gasteiger partial charge in [0.1, 0.15) is 0 Å². The van der Waals surface area contributed by atoms with Crippen LogP contribution in [0.15, 0.2) is 0 Å². The van der Waals surface area contributed by atoms with Crippen LogP contribution in [-0.2, 0) is 0 Å². The molecule has 0 aromatic rings. The van der Waals surface area contributed by atoms with E-state index in [1.165, 1.54) is 38.8 Å². The van der Waals surface area contributed by atoms with Gasteiger partial charge in [-0.15, -0.1) is 0 Å². The van der Waals surface area contributed by atoms with Gasteiger partial charge in [-0.05, 0) is 53.2 Å². The molecular formula is C15H33N3. The van der Waals surface area contributed by atoms with Crippen LogP contribution in [0.2, 0.25) is 0 Å². The van der Waals surface area contributed by atoms with Gasteiger partial charge in [0.15, 0.2) is 0 Å². The largest absolute Gasteiger partial charge is 0.312 e. The lowest BCUT2D eigenvalue weighted by atomic mass is 10.0. The van der Waals surface area contributed by atoms with E-state index in [1.807, 2.05) is 0 Å². The Bertz CT molecular complexity index is 216. The summed E-state index contributed by atoms with van der Waals surface area (Å²) >= 11 is 0. The second-order valence-corrected chi connectivity index (χ2v) is 5.99. The summed E-state index contributed by atoms with van der Waals surface area (Å²) in [6.07, 6.45) is 5.17. The molecule has 2 atom stereocenters. The zero-order chi connectivity index (χ0) is 13.5. The molecule has 1 aliphatic rings. The molecule has 1 rings (SSSR count). The Morgan fingerprint density at radius 2 is 2.00 bits per heavy atom. The topological polar surface area (TPSA) is 18.5 Å². The van der Waals surface area contributed by atoms with E-state index in [9.17, 15) is 0 Å². The van der Waals surface area contributed by atoms with E-state index in [4.69, 9.17) is 0 Å². The van der Waals surface area contributed by atoms with Gasteiger partial charge in [-0.1, -0.05) is 13.8 Å². The number of nitrogens with one attached hydrogen (secondary N) is 1. The molecule has 3 nitrogen and oxygen atoms in total. The van der Waals surface area contributed by atoms with Crippen molar-refractivity contribution in [1.29, 1.82) is 0 Å². The maximum Gasteiger partial charge on any atom is 0.0223 e. The van der Waals surface area contributed by atoms with Gasteiger partial charge in [-0.25, -0.2) is 0 Å². The fourth-order valence-electron chi connectivity index (χ4n) is 2.89. The Morgan fingerprint density at radius 1 is 1.33 bits per heavy atom. The van der Waals surface area contributed by atoms with Crippen molar-refractivity contribution >= 4 is 0 Å². The lowest BCUT2D eigenvalue weighted by molar-refractivity contribution is 0.103. The van der Waals surface area contributed by atoms with Crippen molar-refractivity contribution in [2.24, 2.45) is 0 Å². The number of nitrogens with zero attached hydrogens (tertiary/aromatic N) is 2. The molecule has 0 aromatic heterocycles. The first-order chi connectivity index (χ1) is 8.58. The van der Waals surface area contributed by atoms with E-state index in [1.54, 1.807) is 0 Å². The molecule has 0 spiro atoms. The third-order valence-electron chi connectivity index (χ3n) is 4.56. The quantitative estimate of drug-likeness (QED) is 0.752. The zero-order valence-corrected chi connectivity index (χ0v) is 13.1. The van der Waals surface area contributed by atoms with Crippen molar-refractivity contribution < 1.29 is 0 Å². The molecule has 1 fully saturated rings. The Morgan fingerprint density at radius 3 is 2.56 bits per heavy atom. The van der Waals surface area contributed by atoms with Crippen LogP contribution < -0.4 is 5.32 Å². The SMILES string of the molecule is CCC(CC)NCC(C)N(C)C1CCCN(C)C1. The predicted octanol–water partition coefficient (Wildman–Crippen LogP) is 2.18. The smallest absolute Gasteiger partial charge is 0.0223 e. The number of likely N-dealkylation sites (tertiary alicyclic amines) is 1. The minimum Gasteiger partial charge on any atom is -0.312 e. The molecule has 0 aliphatic carbocycles. The second kappa shape index (κ2) is 8.13. The number of hydrogen-bond donors (Lipinski definition) is 1. The van der Waals surface area contributed by atoms with Crippen molar-refractivity contribution in [3.63, 3.8) is 0 Å². The first-order valence-electron chi connectivity index (χ1n) is 7.72. The summed E-state index contributed by atoms with van der Waals surface area (Å²) in [6.45, 7) is 10.5. The van der Waals surface area contributed by atoms with E-state index >= 15 is 0 Å². The fourth-order valence-corrected chi connectivity index (χ4v) is 2.89. The van der Waals surface area contributed by atoms with Gasteiger partial charge in [-0.3, -0.25) is 4.90 Å². The highest BCUT2D eigenvalue weighted by Crippen LogP contribution is 2.15. The first kappa shape index (κ1) is 15.9. The van der Waals surface area contributed by atoms with Crippen LogP contribution in [0.1, 0.15) is 46.5 Å². The summed E-state index contributed by atoms with van der Waals surface area (Å²) in [5.74, 6) is 0. The second-order valence-electron chi connectivity index (χ2n) is 5.99. The van der Waals surface area contributed by atoms with E-state index in [0.717, 1.165) is 12.6 Å². The maximum atomic E-state index is 3.69. The highest BCUT2D eigenvalue weighted by Gasteiger charge is 2.24. The molecule has 1 saturated heterocycles. The molecule has 0 saturated carbocycles. The molecular weight excluding hydrogens is 222 g/mol. The monoisotopic (exact) mass is 255 g/mol. The van der Waals surface area contributed by atoms with Crippen LogP contribution in [0.3, 0.4) is 0 Å². The Kier molecular flexibility index (Phi) is 7.20. The molecule has 108 valence electrons. The molecule has 1 N–H and O–H groups in total. The molecule has 0 radical (unpaired) electrons. The zero-order valence-electron chi connectivity index (χ0n) is 13.1. The van der Waals surface area contributed by atoms with E-state index in [2.05, 4.69) is 50.0 Å². The summed E-state index contributed by atoms with van der Waals surface area (Å²) in [5, 5.41) is 3.69. The summed E-state index contributed by atoms with van der Waals surface area (Å²) in [7, 11) is 4.54. The Hall–Kier alpha value is -0.120. The van der Waals surface area contributed by atoms with Crippen molar-refractivity contribution in [3.05, 3.63) is 0 Å². The van der Waals surface area contributed by atoms with E-state index < -0.39 is 0 Å². The predicted molar refractivity (Wildman–Crippen MR) is 80.1 cm³/mol. The molecule has 0 amide bonds. The van der Waals surface area contributed by atoms with Crippen LogP contribution in [0, 0.1) is 0 Å². The Labute approximate surface area is 114 Å². The van der Waals surface area contributed by atoms with Crippen molar-refractivity contribution in [3.8, 4) is 0 Å². The van der Waals surface area contributed by atoms with Crippen molar-refractivity contribution in [2.45, 2.75) is 64.6 Å². The van der Waals surface area contributed by atoms with Crippen molar-refractivity contribution in [2.75, 3.05) is 33.7 Å². The third kappa shape index (κ3) is 4.87. The van der Waals surface area contributed by atoms with Crippen molar-refractivity contribution in [1.82, 2.24) is 15.1 Å². The summed E-state index contributed by atoms with van der Waals surface area (Å²) < 4.78 is 0. The highest BCUT2D eigenvalue weighted by atomic mass is 15.2. The van der Waals surface area contributed by atoms with Gasteiger partial charge in [0.25, 0.3) is 0 Å².